The van der Waals surface area contributed by atoms with E-state index in [1.54, 1.807) is 6.33 Å². The van der Waals surface area contributed by atoms with Gasteiger partial charge in [-0.2, -0.15) is 0 Å². The van der Waals surface area contributed by atoms with Crippen LogP contribution in [-0.2, 0) is 6.54 Å². The van der Waals surface area contributed by atoms with Crippen molar-refractivity contribution >= 4 is 16.9 Å². The summed E-state index contributed by atoms with van der Waals surface area (Å²) < 4.78 is 1.90. The van der Waals surface area contributed by atoms with Gasteiger partial charge in [0.15, 0.2) is 0 Å². The lowest BCUT2D eigenvalue weighted by atomic mass is 10.1. The van der Waals surface area contributed by atoms with E-state index in [1.807, 2.05) is 27.8 Å². The van der Waals surface area contributed by atoms with Gasteiger partial charge in [-0.1, -0.05) is 5.21 Å². The molecule has 7 heteroatoms. The number of nitrogens with one attached hydrogen (secondary N) is 1. The van der Waals surface area contributed by atoms with Crippen molar-refractivity contribution in [3.05, 3.63) is 42.0 Å². The van der Waals surface area contributed by atoms with Crippen molar-refractivity contribution in [2.45, 2.75) is 44.2 Å². The Labute approximate surface area is 145 Å². The highest BCUT2D eigenvalue weighted by molar-refractivity contribution is 5.97. The lowest BCUT2D eigenvalue weighted by Crippen LogP contribution is -2.38. The summed E-state index contributed by atoms with van der Waals surface area (Å²) in [7, 11) is 0. The Morgan fingerprint density at radius 3 is 3.08 bits per heavy atom. The summed E-state index contributed by atoms with van der Waals surface area (Å²) in [5.74, 6) is 0.692. The van der Waals surface area contributed by atoms with Crippen LogP contribution >= 0.6 is 0 Å². The number of imidazole rings is 1. The Morgan fingerprint density at radius 2 is 2.20 bits per heavy atom. The number of likely N-dealkylation sites (tertiary alicyclic amines) is 1. The quantitative estimate of drug-likeness (QED) is 0.793. The average molecular weight is 336 g/mol. The van der Waals surface area contributed by atoms with E-state index in [1.165, 1.54) is 12.8 Å². The van der Waals surface area contributed by atoms with Gasteiger partial charge in [0.1, 0.15) is 0 Å². The molecule has 1 atom stereocenters. The minimum Gasteiger partial charge on any atom is -0.345 e. The first-order chi connectivity index (χ1) is 12.3. The predicted octanol–water partition coefficient (Wildman–Crippen LogP) is 2.34. The van der Waals surface area contributed by atoms with Gasteiger partial charge in [-0.25, -0.2) is 4.98 Å². The Morgan fingerprint density at radius 1 is 1.28 bits per heavy atom. The van der Waals surface area contributed by atoms with E-state index in [0.717, 1.165) is 42.7 Å². The molecule has 2 aliphatic rings. The average Bonchev–Trinajstić information content (AvgIpc) is 3.03. The van der Waals surface area contributed by atoms with Crippen LogP contribution in [0.1, 0.15) is 47.7 Å². The van der Waals surface area contributed by atoms with Gasteiger partial charge in [-0.3, -0.25) is 9.48 Å². The lowest BCUT2D eigenvalue weighted by molar-refractivity contribution is 0.0721. The summed E-state index contributed by atoms with van der Waals surface area (Å²) in [6.07, 6.45) is 8.20. The highest BCUT2D eigenvalue weighted by atomic mass is 16.2. The van der Waals surface area contributed by atoms with Gasteiger partial charge < -0.3 is 9.88 Å². The number of carbonyl (C=O) groups excluding carboxylic acids is 1. The molecule has 0 radical (unpaired) electrons. The molecule has 0 unspecified atom stereocenters. The molecule has 25 heavy (non-hydrogen) atoms. The molecule has 128 valence electrons. The number of nitrogens with zero attached hydrogens (tertiary/aromatic N) is 5. The van der Waals surface area contributed by atoms with Crippen LogP contribution in [0.5, 0.6) is 0 Å². The van der Waals surface area contributed by atoms with Crippen molar-refractivity contribution in [3.63, 3.8) is 0 Å². The number of aromatic amines is 1. The highest BCUT2D eigenvalue weighted by Gasteiger charge is 2.31. The zero-order valence-electron chi connectivity index (χ0n) is 13.9. The van der Waals surface area contributed by atoms with Crippen LogP contribution in [0.4, 0.5) is 0 Å². The third-order valence-electron chi connectivity index (χ3n) is 5.25. The first-order valence-electron chi connectivity index (χ1n) is 8.92. The molecule has 1 amide bonds. The van der Waals surface area contributed by atoms with Crippen molar-refractivity contribution in [2.24, 2.45) is 0 Å². The number of benzene rings is 1. The Kier molecular flexibility index (Phi) is 3.33. The zero-order chi connectivity index (χ0) is 16.8. The smallest absolute Gasteiger partial charge is 0.254 e. The van der Waals surface area contributed by atoms with Gasteiger partial charge in [0.05, 0.1) is 35.6 Å². The molecule has 1 saturated carbocycles. The summed E-state index contributed by atoms with van der Waals surface area (Å²) in [6.45, 7) is 1.52. The van der Waals surface area contributed by atoms with E-state index in [9.17, 15) is 4.79 Å². The van der Waals surface area contributed by atoms with Crippen LogP contribution < -0.4 is 0 Å². The zero-order valence-corrected chi connectivity index (χ0v) is 13.9. The van der Waals surface area contributed by atoms with Crippen LogP contribution in [0.25, 0.3) is 11.0 Å². The third-order valence-corrected chi connectivity index (χ3v) is 5.25. The molecule has 3 aromatic rings. The second-order valence-corrected chi connectivity index (χ2v) is 7.07. The summed E-state index contributed by atoms with van der Waals surface area (Å²) in [6, 6.07) is 5.82. The first kappa shape index (κ1) is 14.6. The van der Waals surface area contributed by atoms with Gasteiger partial charge in [0, 0.05) is 24.2 Å². The standard InChI is InChI=1S/C18H20N6O/c25-18(13-5-6-15-16(8-13)20-11-19-15)24-7-1-2-14(24)9-23-10-17(21-22-23)12-3-4-12/h5-6,8,10-12,14H,1-4,7,9H2,(H,19,20)/t14-/m0/s1. The number of rotatable bonds is 4. The summed E-state index contributed by atoms with van der Waals surface area (Å²) in [4.78, 5) is 22.2. The molecule has 1 N–H and O–H groups in total. The van der Waals surface area contributed by atoms with E-state index < -0.39 is 0 Å². The second kappa shape index (κ2) is 5.68. The molecule has 1 aliphatic heterocycles. The fourth-order valence-electron chi connectivity index (χ4n) is 3.71. The normalized spacial score (nSPS) is 20.5. The predicted molar refractivity (Wildman–Crippen MR) is 92.1 cm³/mol. The fraction of sp³-hybridized carbons (Fsp3) is 0.444. The second-order valence-electron chi connectivity index (χ2n) is 7.07. The van der Waals surface area contributed by atoms with Crippen LogP contribution in [0.15, 0.2) is 30.7 Å². The number of aromatic nitrogens is 5. The van der Waals surface area contributed by atoms with Crippen molar-refractivity contribution in [1.82, 2.24) is 29.9 Å². The van der Waals surface area contributed by atoms with E-state index in [-0.39, 0.29) is 11.9 Å². The van der Waals surface area contributed by atoms with E-state index >= 15 is 0 Å². The van der Waals surface area contributed by atoms with E-state index in [0.29, 0.717) is 11.5 Å². The minimum absolute atomic E-state index is 0.0848. The van der Waals surface area contributed by atoms with Crippen molar-refractivity contribution in [1.29, 1.82) is 0 Å². The molecule has 3 heterocycles. The largest absolute Gasteiger partial charge is 0.345 e. The molecular formula is C18H20N6O. The van der Waals surface area contributed by atoms with Crippen LogP contribution in [0.2, 0.25) is 0 Å². The number of H-pyrrole nitrogens is 1. The third kappa shape index (κ3) is 2.69. The van der Waals surface area contributed by atoms with Gasteiger partial charge >= 0.3 is 0 Å². The topological polar surface area (TPSA) is 79.7 Å². The molecule has 1 aliphatic carbocycles. The maximum absolute atomic E-state index is 13.0. The van der Waals surface area contributed by atoms with Crippen LogP contribution in [0.3, 0.4) is 0 Å². The number of fused-ring (bicyclic) bond motifs is 1. The molecular weight excluding hydrogens is 316 g/mol. The number of amides is 1. The number of hydrogen-bond acceptors (Lipinski definition) is 4. The first-order valence-corrected chi connectivity index (χ1v) is 8.92. The summed E-state index contributed by atoms with van der Waals surface area (Å²) in [5, 5.41) is 8.53. The SMILES string of the molecule is O=C(c1ccc2nc[nH]c2c1)N1CCC[C@H]1Cn1cc(C2CC2)nn1. The van der Waals surface area contributed by atoms with Crippen molar-refractivity contribution in [2.75, 3.05) is 6.54 Å². The maximum Gasteiger partial charge on any atom is 0.254 e. The fourth-order valence-corrected chi connectivity index (χ4v) is 3.71. The monoisotopic (exact) mass is 336 g/mol. The Hall–Kier alpha value is -2.70. The van der Waals surface area contributed by atoms with Crippen LogP contribution in [0, 0.1) is 0 Å². The number of carbonyl (C=O) groups is 1. The van der Waals surface area contributed by atoms with E-state index in [4.69, 9.17) is 0 Å². The van der Waals surface area contributed by atoms with Gasteiger partial charge in [0.25, 0.3) is 5.91 Å². The highest BCUT2D eigenvalue weighted by Crippen LogP contribution is 2.38. The molecule has 0 bridgehead atoms. The molecule has 1 saturated heterocycles. The summed E-state index contributed by atoms with van der Waals surface area (Å²) in [5.41, 5.74) is 3.58. The van der Waals surface area contributed by atoms with Gasteiger partial charge in [0.2, 0.25) is 0 Å². The van der Waals surface area contributed by atoms with Gasteiger partial charge in [-0.15, -0.1) is 5.10 Å². The molecule has 5 rings (SSSR count). The number of hydrogen-bond donors (Lipinski definition) is 1. The van der Waals surface area contributed by atoms with E-state index in [2.05, 4.69) is 26.5 Å². The maximum atomic E-state index is 13.0. The Balaban J connectivity index is 1.34. The molecule has 1 aromatic carbocycles. The minimum atomic E-state index is 0.0848. The summed E-state index contributed by atoms with van der Waals surface area (Å²) >= 11 is 0. The lowest BCUT2D eigenvalue weighted by Gasteiger charge is -2.24. The van der Waals surface area contributed by atoms with Crippen molar-refractivity contribution in [3.8, 4) is 0 Å². The molecule has 2 aromatic heterocycles. The van der Waals surface area contributed by atoms with Crippen molar-refractivity contribution < 1.29 is 4.79 Å². The van der Waals surface area contributed by atoms with Crippen LogP contribution in [-0.4, -0.2) is 48.4 Å². The molecule has 2 fully saturated rings. The Bertz CT molecular complexity index is 924. The van der Waals surface area contributed by atoms with Gasteiger partial charge in [-0.05, 0) is 43.9 Å². The molecule has 7 nitrogen and oxygen atoms in total. The molecule has 0 spiro atoms.